The molecule has 1 amide bonds. The lowest BCUT2D eigenvalue weighted by Crippen LogP contribution is -2.13. The molecule has 0 atom stereocenters. The average Bonchev–Trinajstić information content (AvgIpc) is 2.43. The smallest absolute Gasteiger partial charge is 0.335 e. The van der Waals surface area contributed by atoms with Gasteiger partial charge in [0.15, 0.2) is 11.5 Å². The van der Waals surface area contributed by atoms with Gasteiger partial charge in [0.25, 0.3) is 0 Å². The fraction of sp³-hybridized carbons (Fsp3) is 0.429. The van der Waals surface area contributed by atoms with E-state index in [0.29, 0.717) is 17.9 Å². The van der Waals surface area contributed by atoms with Gasteiger partial charge < -0.3 is 19.9 Å². The largest absolute Gasteiger partial charge is 0.493 e. The maximum atomic E-state index is 11.8. The average molecular weight is 281 g/mol. The molecule has 0 aliphatic heterocycles. The Kier molecular flexibility index (Phi) is 5.83. The number of aromatic carboxylic acids is 1. The van der Waals surface area contributed by atoms with Gasteiger partial charge in [0.2, 0.25) is 5.91 Å². The summed E-state index contributed by atoms with van der Waals surface area (Å²) < 4.78 is 10.3. The summed E-state index contributed by atoms with van der Waals surface area (Å²) in [7, 11) is 2.84. The van der Waals surface area contributed by atoms with Crippen LogP contribution in [0.15, 0.2) is 12.1 Å². The van der Waals surface area contributed by atoms with Gasteiger partial charge in [-0.15, -0.1) is 0 Å². The summed E-state index contributed by atoms with van der Waals surface area (Å²) in [6.07, 6.45) is 2.05. The minimum absolute atomic E-state index is 0.0217. The molecule has 0 bridgehead atoms. The molecule has 0 unspecified atom stereocenters. The number of ether oxygens (including phenoxy) is 2. The minimum atomic E-state index is -1.10. The van der Waals surface area contributed by atoms with Crippen LogP contribution < -0.4 is 14.8 Å². The number of nitrogens with one attached hydrogen (secondary N) is 1. The maximum absolute atomic E-state index is 11.8. The van der Waals surface area contributed by atoms with Crippen molar-refractivity contribution < 1.29 is 24.2 Å². The summed E-state index contributed by atoms with van der Waals surface area (Å²) in [5.41, 5.74) is 0.318. The van der Waals surface area contributed by atoms with Gasteiger partial charge in [-0.1, -0.05) is 13.3 Å². The van der Waals surface area contributed by atoms with Crippen LogP contribution in [0, 0.1) is 0 Å². The number of hydrogen-bond acceptors (Lipinski definition) is 4. The second-order valence-electron chi connectivity index (χ2n) is 4.22. The number of carbonyl (C=O) groups is 2. The highest BCUT2D eigenvalue weighted by Crippen LogP contribution is 2.36. The first-order valence-corrected chi connectivity index (χ1v) is 6.32. The number of carboxylic acids is 1. The zero-order chi connectivity index (χ0) is 15.1. The van der Waals surface area contributed by atoms with Crippen molar-refractivity contribution in [3.8, 4) is 11.5 Å². The first kappa shape index (κ1) is 15.8. The number of anilines is 1. The number of rotatable bonds is 7. The second-order valence-corrected chi connectivity index (χ2v) is 4.22. The second kappa shape index (κ2) is 7.37. The van der Waals surface area contributed by atoms with Gasteiger partial charge in [-0.25, -0.2) is 4.79 Å². The van der Waals surface area contributed by atoms with Crippen LogP contribution in [0.3, 0.4) is 0 Å². The van der Waals surface area contributed by atoms with Gasteiger partial charge in [0, 0.05) is 6.42 Å². The third kappa shape index (κ3) is 3.88. The lowest BCUT2D eigenvalue weighted by Gasteiger charge is -2.14. The quantitative estimate of drug-likeness (QED) is 0.802. The van der Waals surface area contributed by atoms with Crippen LogP contribution in [0.25, 0.3) is 0 Å². The van der Waals surface area contributed by atoms with Crippen LogP contribution in [-0.2, 0) is 4.79 Å². The number of benzene rings is 1. The van der Waals surface area contributed by atoms with E-state index in [1.165, 1.54) is 26.4 Å². The third-order valence-corrected chi connectivity index (χ3v) is 2.76. The van der Waals surface area contributed by atoms with Crippen molar-refractivity contribution in [2.24, 2.45) is 0 Å². The van der Waals surface area contributed by atoms with E-state index in [4.69, 9.17) is 14.6 Å². The van der Waals surface area contributed by atoms with E-state index in [0.717, 1.165) is 12.8 Å². The van der Waals surface area contributed by atoms with Gasteiger partial charge in [0.1, 0.15) is 0 Å². The molecule has 2 N–H and O–H groups in total. The third-order valence-electron chi connectivity index (χ3n) is 2.76. The fourth-order valence-electron chi connectivity index (χ4n) is 1.73. The van der Waals surface area contributed by atoms with Gasteiger partial charge in [-0.05, 0) is 18.6 Å². The molecule has 0 heterocycles. The van der Waals surface area contributed by atoms with Crippen molar-refractivity contribution >= 4 is 17.6 Å². The Hall–Kier alpha value is -2.24. The molecule has 110 valence electrons. The standard InChI is InChI=1S/C14H19NO5/c1-4-5-6-12(16)15-10-7-9(14(17)18)8-11(19-2)13(10)20-3/h7-8H,4-6H2,1-3H3,(H,15,16)(H,17,18). The lowest BCUT2D eigenvalue weighted by molar-refractivity contribution is -0.116. The van der Waals surface area contributed by atoms with Gasteiger partial charge in [-0.3, -0.25) is 4.79 Å². The molecule has 0 radical (unpaired) electrons. The van der Waals surface area contributed by atoms with E-state index in [9.17, 15) is 9.59 Å². The summed E-state index contributed by atoms with van der Waals surface area (Å²) in [4.78, 5) is 22.8. The van der Waals surface area contributed by atoms with Gasteiger partial charge in [0.05, 0.1) is 25.5 Å². The molecule has 0 aliphatic rings. The van der Waals surface area contributed by atoms with Crippen LogP contribution in [0.2, 0.25) is 0 Å². The number of carbonyl (C=O) groups excluding carboxylic acids is 1. The Morgan fingerprint density at radius 2 is 1.95 bits per heavy atom. The van der Waals surface area contributed by atoms with Crippen LogP contribution in [0.4, 0.5) is 5.69 Å². The fourth-order valence-corrected chi connectivity index (χ4v) is 1.73. The first-order chi connectivity index (χ1) is 9.53. The number of methoxy groups -OCH3 is 2. The molecule has 0 aromatic heterocycles. The Labute approximate surface area is 117 Å². The molecule has 1 rings (SSSR count). The summed E-state index contributed by atoms with van der Waals surface area (Å²) in [5, 5.41) is 11.7. The summed E-state index contributed by atoms with van der Waals surface area (Å²) >= 11 is 0. The van der Waals surface area contributed by atoms with Crippen LogP contribution in [-0.4, -0.2) is 31.2 Å². The Morgan fingerprint density at radius 1 is 1.25 bits per heavy atom. The molecule has 1 aromatic carbocycles. The molecule has 6 nitrogen and oxygen atoms in total. The van der Waals surface area contributed by atoms with Crippen molar-refractivity contribution in [2.45, 2.75) is 26.2 Å². The van der Waals surface area contributed by atoms with E-state index in [1.807, 2.05) is 6.92 Å². The van der Waals surface area contributed by atoms with Crippen molar-refractivity contribution in [3.63, 3.8) is 0 Å². The van der Waals surface area contributed by atoms with Crippen LogP contribution in [0.5, 0.6) is 11.5 Å². The van der Waals surface area contributed by atoms with Gasteiger partial charge in [-0.2, -0.15) is 0 Å². The molecular formula is C14H19NO5. The van der Waals surface area contributed by atoms with Crippen molar-refractivity contribution in [1.82, 2.24) is 0 Å². The number of carboxylic acid groups (broad SMARTS) is 1. The number of unbranched alkanes of at least 4 members (excludes halogenated alkanes) is 1. The molecule has 0 saturated carbocycles. The highest BCUT2D eigenvalue weighted by Gasteiger charge is 2.17. The SMILES string of the molecule is CCCCC(=O)Nc1cc(C(=O)O)cc(OC)c1OC. The van der Waals surface area contributed by atoms with E-state index in [-0.39, 0.29) is 17.2 Å². The monoisotopic (exact) mass is 281 g/mol. The normalized spacial score (nSPS) is 9.95. The van der Waals surface area contributed by atoms with E-state index in [2.05, 4.69) is 5.32 Å². The topological polar surface area (TPSA) is 84.9 Å². The molecule has 0 fully saturated rings. The molecule has 0 spiro atoms. The molecular weight excluding hydrogens is 262 g/mol. The maximum Gasteiger partial charge on any atom is 0.335 e. The van der Waals surface area contributed by atoms with Crippen LogP contribution in [0.1, 0.15) is 36.5 Å². The number of hydrogen-bond donors (Lipinski definition) is 2. The zero-order valence-electron chi connectivity index (χ0n) is 11.9. The first-order valence-electron chi connectivity index (χ1n) is 6.32. The molecule has 0 aliphatic carbocycles. The minimum Gasteiger partial charge on any atom is -0.493 e. The molecule has 6 heteroatoms. The summed E-state index contributed by atoms with van der Waals surface area (Å²) in [6.45, 7) is 1.99. The van der Waals surface area contributed by atoms with E-state index in [1.54, 1.807) is 0 Å². The predicted octanol–water partition coefficient (Wildman–Crippen LogP) is 2.53. The van der Waals surface area contributed by atoms with Crippen molar-refractivity contribution in [2.75, 3.05) is 19.5 Å². The lowest BCUT2D eigenvalue weighted by atomic mass is 10.1. The number of amides is 1. The van der Waals surface area contributed by atoms with E-state index < -0.39 is 5.97 Å². The Bertz CT molecular complexity index is 499. The van der Waals surface area contributed by atoms with Crippen molar-refractivity contribution in [1.29, 1.82) is 0 Å². The molecule has 20 heavy (non-hydrogen) atoms. The zero-order valence-corrected chi connectivity index (χ0v) is 11.9. The van der Waals surface area contributed by atoms with Gasteiger partial charge >= 0.3 is 5.97 Å². The van der Waals surface area contributed by atoms with Crippen molar-refractivity contribution in [3.05, 3.63) is 17.7 Å². The summed E-state index contributed by atoms with van der Waals surface area (Å²) in [6, 6.07) is 2.70. The highest BCUT2D eigenvalue weighted by atomic mass is 16.5. The molecule has 0 saturated heterocycles. The molecule has 1 aromatic rings. The summed E-state index contributed by atoms with van der Waals surface area (Å²) in [5.74, 6) is -0.717. The van der Waals surface area contributed by atoms with E-state index >= 15 is 0 Å². The Balaban J connectivity index is 3.11. The Morgan fingerprint density at radius 3 is 2.45 bits per heavy atom. The highest BCUT2D eigenvalue weighted by molar-refractivity contribution is 5.96. The van der Waals surface area contributed by atoms with Crippen LogP contribution >= 0.6 is 0 Å². The predicted molar refractivity (Wildman–Crippen MR) is 74.7 cm³/mol.